The van der Waals surface area contributed by atoms with Crippen molar-refractivity contribution in [1.29, 1.82) is 0 Å². The Hall–Kier alpha value is -1.56. The molecule has 0 spiro atoms. The van der Waals surface area contributed by atoms with Crippen LogP contribution in [0.2, 0.25) is 0 Å². The van der Waals surface area contributed by atoms with Crippen molar-refractivity contribution in [2.24, 2.45) is 0 Å². The third kappa shape index (κ3) is 1.94. The first-order valence-corrected chi connectivity index (χ1v) is 4.99. The van der Waals surface area contributed by atoms with Crippen molar-refractivity contribution in [1.82, 2.24) is 20.4 Å². The maximum atomic E-state index is 9.65. The quantitative estimate of drug-likeness (QED) is 0.851. The summed E-state index contributed by atoms with van der Waals surface area (Å²) in [5, 5.41) is 24.9. The summed E-state index contributed by atoms with van der Waals surface area (Å²) in [7, 11) is 0. The lowest BCUT2D eigenvalue weighted by atomic mass is 10.2. The molecule has 0 amide bonds. The average Bonchev–Trinajstić information content (AvgIpc) is 2.20. The van der Waals surface area contributed by atoms with Gasteiger partial charge in [0.2, 0.25) is 5.82 Å². The van der Waals surface area contributed by atoms with Gasteiger partial charge in [-0.1, -0.05) is 6.07 Å². The maximum absolute atomic E-state index is 9.65. The van der Waals surface area contributed by atoms with Crippen LogP contribution in [0, 0.1) is 6.92 Å². The number of aryl methyl sites for hydroxylation is 1. The molecule has 0 aliphatic rings. The van der Waals surface area contributed by atoms with Crippen LogP contribution in [0.15, 0.2) is 22.7 Å². The van der Waals surface area contributed by atoms with Crippen LogP contribution in [-0.2, 0) is 0 Å². The Morgan fingerprint density at radius 2 is 1.80 bits per heavy atom. The lowest BCUT2D eigenvalue weighted by molar-refractivity contribution is 0.476. The van der Waals surface area contributed by atoms with Gasteiger partial charge in [0.15, 0.2) is 5.82 Å². The van der Waals surface area contributed by atoms with Gasteiger partial charge in [0, 0.05) is 4.47 Å². The molecule has 0 saturated carbocycles. The number of rotatable bonds is 1. The summed E-state index contributed by atoms with van der Waals surface area (Å²) < 4.78 is 0.704. The fraction of sp³-hybridized carbons (Fsp3) is 0.111. The van der Waals surface area contributed by atoms with Gasteiger partial charge in [0.1, 0.15) is 5.75 Å². The molecule has 5 nitrogen and oxygen atoms in total. The van der Waals surface area contributed by atoms with Gasteiger partial charge >= 0.3 is 0 Å². The number of aromatic nitrogens is 4. The van der Waals surface area contributed by atoms with Crippen molar-refractivity contribution in [2.75, 3.05) is 0 Å². The number of aromatic hydroxyl groups is 1. The Bertz CT molecular complexity index is 466. The Morgan fingerprint density at radius 1 is 1.13 bits per heavy atom. The topological polar surface area (TPSA) is 71.8 Å². The highest BCUT2D eigenvalue weighted by atomic mass is 79.9. The second-order valence-electron chi connectivity index (χ2n) is 2.90. The fourth-order valence-electron chi connectivity index (χ4n) is 1.11. The van der Waals surface area contributed by atoms with E-state index in [4.69, 9.17) is 0 Å². The summed E-state index contributed by atoms with van der Waals surface area (Å²) in [6.45, 7) is 1.70. The standard InChI is InChI=1S/C9H7BrN4O/c1-5-11-13-9(14-12-5)8-6(10)3-2-4-7(8)15/h2-4,15H,1H3. The summed E-state index contributed by atoms with van der Waals surface area (Å²) in [4.78, 5) is 0. The van der Waals surface area contributed by atoms with Crippen LogP contribution in [-0.4, -0.2) is 25.5 Å². The van der Waals surface area contributed by atoms with Crippen LogP contribution < -0.4 is 0 Å². The largest absolute Gasteiger partial charge is 0.507 e. The van der Waals surface area contributed by atoms with Gasteiger partial charge < -0.3 is 5.11 Å². The molecule has 15 heavy (non-hydrogen) atoms. The normalized spacial score (nSPS) is 10.3. The number of halogens is 1. The number of phenolic OH excluding ortho intramolecular Hbond substituents is 1. The maximum Gasteiger partial charge on any atom is 0.208 e. The summed E-state index contributed by atoms with van der Waals surface area (Å²) >= 11 is 3.31. The third-order valence-electron chi connectivity index (χ3n) is 1.79. The van der Waals surface area contributed by atoms with E-state index >= 15 is 0 Å². The van der Waals surface area contributed by atoms with Crippen molar-refractivity contribution >= 4 is 15.9 Å². The van der Waals surface area contributed by atoms with Gasteiger partial charge in [-0.05, 0) is 35.0 Å². The highest BCUT2D eigenvalue weighted by Gasteiger charge is 2.12. The van der Waals surface area contributed by atoms with Crippen LogP contribution in [0.5, 0.6) is 5.75 Å². The monoisotopic (exact) mass is 266 g/mol. The molecule has 2 aromatic rings. The smallest absolute Gasteiger partial charge is 0.208 e. The molecule has 1 N–H and O–H groups in total. The Labute approximate surface area is 94.3 Å². The molecule has 76 valence electrons. The lowest BCUT2D eigenvalue weighted by Gasteiger charge is -2.03. The second kappa shape index (κ2) is 3.90. The van der Waals surface area contributed by atoms with E-state index in [0.717, 1.165) is 0 Å². The number of phenols is 1. The molecular formula is C9H7BrN4O. The lowest BCUT2D eigenvalue weighted by Crippen LogP contribution is -1.99. The van der Waals surface area contributed by atoms with Crippen molar-refractivity contribution < 1.29 is 5.11 Å². The zero-order chi connectivity index (χ0) is 10.8. The van der Waals surface area contributed by atoms with Gasteiger partial charge in [-0.2, -0.15) is 0 Å². The van der Waals surface area contributed by atoms with Gasteiger partial charge in [-0.15, -0.1) is 20.4 Å². The molecule has 0 radical (unpaired) electrons. The van der Waals surface area contributed by atoms with Crippen LogP contribution >= 0.6 is 15.9 Å². The molecule has 6 heteroatoms. The van der Waals surface area contributed by atoms with E-state index in [-0.39, 0.29) is 5.75 Å². The Kier molecular flexibility index (Phi) is 2.59. The van der Waals surface area contributed by atoms with Crippen LogP contribution in [0.25, 0.3) is 11.4 Å². The Morgan fingerprint density at radius 3 is 2.40 bits per heavy atom. The van der Waals surface area contributed by atoms with Crippen molar-refractivity contribution in [2.45, 2.75) is 6.92 Å². The molecule has 1 aromatic heterocycles. The number of benzene rings is 1. The summed E-state index contributed by atoms with van der Waals surface area (Å²) in [6, 6.07) is 5.07. The molecular weight excluding hydrogens is 260 g/mol. The summed E-state index contributed by atoms with van der Waals surface area (Å²) in [6.07, 6.45) is 0. The average molecular weight is 267 g/mol. The first-order chi connectivity index (χ1) is 7.18. The minimum Gasteiger partial charge on any atom is -0.507 e. The minimum atomic E-state index is 0.0943. The van der Waals surface area contributed by atoms with E-state index in [1.807, 2.05) is 0 Å². The highest BCUT2D eigenvalue weighted by molar-refractivity contribution is 9.10. The highest BCUT2D eigenvalue weighted by Crippen LogP contribution is 2.32. The van der Waals surface area contributed by atoms with E-state index in [1.54, 1.807) is 25.1 Å². The van der Waals surface area contributed by atoms with Crippen LogP contribution in [0.4, 0.5) is 0 Å². The van der Waals surface area contributed by atoms with Gasteiger partial charge in [-0.25, -0.2) is 0 Å². The molecule has 0 aliphatic heterocycles. The first-order valence-electron chi connectivity index (χ1n) is 4.20. The Balaban J connectivity index is 2.58. The molecule has 2 rings (SSSR count). The zero-order valence-corrected chi connectivity index (χ0v) is 9.43. The molecule has 0 saturated heterocycles. The predicted octanol–water partition coefficient (Wildman–Crippen LogP) is 1.71. The van der Waals surface area contributed by atoms with Crippen molar-refractivity contribution in [3.8, 4) is 17.1 Å². The molecule has 0 aliphatic carbocycles. The van der Waals surface area contributed by atoms with E-state index in [0.29, 0.717) is 21.7 Å². The van der Waals surface area contributed by atoms with E-state index in [9.17, 15) is 5.11 Å². The third-order valence-corrected chi connectivity index (χ3v) is 2.45. The zero-order valence-electron chi connectivity index (χ0n) is 7.85. The SMILES string of the molecule is Cc1nnc(-c2c(O)cccc2Br)nn1. The number of hydrogen-bond acceptors (Lipinski definition) is 5. The van der Waals surface area contributed by atoms with Gasteiger partial charge in [0.05, 0.1) is 5.56 Å². The van der Waals surface area contributed by atoms with Crippen molar-refractivity contribution in [3.63, 3.8) is 0 Å². The predicted molar refractivity (Wildman–Crippen MR) is 57.2 cm³/mol. The molecule has 0 fully saturated rings. The van der Waals surface area contributed by atoms with Crippen molar-refractivity contribution in [3.05, 3.63) is 28.5 Å². The van der Waals surface area contributed by atoms with Gasteiger partial charge in [-0.3, -0.25) is 0 Å². The number of hydrogen-bond donors (Lipinski definition) is 1. The number of nitrogens with zero attached hydrogens (tertiary/aromatic N) is 4. The molecule has 1 heterocycles. The summed E-state index contributed by atoms with van der Waals surface area (Å²) in [5.74, 6) is 0.882. The van der Waals surface area contributed by atoms with Gasteiger partial charge in [0.25, 0.3) is 0 Å². The fourth-order valence-corrected chi connectivity index (χ4v) is 1.65. The molecule has 0 atom stereocenters. The van der Waals surface area contributed by atoms with E-state index < -0.39 is 0 Å². The second-order valence-corrected chi connectivity index (χ2v) is 3.76. The molecule has 0 unspecified atom stereocenters. The molecule has 0 bridgehead atoms. The van der Waals surface area contributed by atoms with E-state index in [2.05, 4.69) is 36.3 Å². The minimum absolute atomic E-state index is 0.0943. The molecule has 1 aromatic carbocycles. The van der Waals surface area contributed by atoms with Crippen LogP contribution in [0.3, 0.4) is 0 Å². The van der Waals surface area contributed by atoms with E-state index in [1.165, 1.54) is 0 Å². The first kappa shape index (κ1) is 9.97. The van der Waals surface area contributed by atoms with Crippen LogP contribution in [0.1, 0.15) is 5.82 Å². The summed E-state index contributed by atoms with van der Waals surface area (Å²) in [5.41, 5.74) is 0.498.